The Morgan fingerprint density at radius 1 is 0.919 bits per heavy atom. The van der Waals surface area contributed by atoms with E-state index in [2.05, 4.69) is 18.7 Å². The van der Waals surface area contributed by atoms with E-state index >= 15 is 0 Å². The zero-order valence-corrected chi connectivity index (χ0v) is 21.9. The Morgan fingerprint density at radius 3 is 2.11 bits per heavy atom. The number of carbonyl (C=O) groups excluding carboxylic acids is 2. The molecule has 192 valence electrons. The molecule has 4 rings (SSSR count). The van der Waals surface area contributed by atoms with E-state index < -0.39 is 17.7 Å². The molecule has 0 aromatic heterocycles. The number of anilines is 3. The lowest BCUT2D eigenvalue weighted by Gasteiger charge is -2.27. The summed E-state index contributed by atoms with van der Waals surface area (Å²) in [5.41, 5.74) is 3.78. The van der Waals surface area contributed by atoms with Gasteiger partial charge >= 0.3 is 0 Å². The third kappa shape index (κ3) is 4.89. The Morgan fingerprint density at radius 2 is 1.54 bits per heavy atom. The fourth-order valence-electron chi connectivity index (χ4n) is 4.71. The molecule has 37 heavy (non-hydrogen) atoms. The van der Waals surface area contributed by atoms with Crippen molar-refractivity contribution >= 4 is 34.5 Å². The molecule has 1 amide bonds. The predicted molar refractivity (Wildman–Crippen MR) is 149 cm³/mol. The molecule has 3 aromatic carbocycles. The number of aliphatic hydroxyl groups is 1. The number of methoxy groups -OCH3 is 1. The van der Waals surface area contributed by atoms with E-state index in [1.54, 1.807) is 24.3 Å². The number of rotatable bonds is 8. The minimum absolute atomic E-state index is 0.0468. The first-order valence-electron chi connectivity index (χ1n) is 12.4. The van der Waals surface area contributed by atoms with Crippen molar-refractivity contribution in [1.29, 1.82) is 0 Å². The first kappa shape index (κ1) is 25.8. The molecule has 7 heteroatoms. The van der Waals surface area contributed by atoms with Crippen molar-refractivity contribution in [1.82, 2.24) is 0 Å². The minimum Gasteiger partial charge on any atom is -0.507 e. The Kier molecular flexibility index (Phi) is 7.53. The highest BCUT2D eigenvalue weighted by atomic mass is 16.5. The van der Waals surface area contributed by atoms with Crippen LogP contribution in [0.15, 0.2) is 78.4 Å². The van der Waals surface area contributed by atoms with Gasteiger partial charge in [-0.2, -0.15) is 0 Å². The summed E-state index contributed by atoms with van der Waals surface area (Å²) in [6.45, 7) is 5.92. The van der Waals surface area contributed by atoms with Crippen LogP contribution in [0, 0.1) is 0 Å². The molecular weight excluding hydrogens is 466 g/mol. The van der Waals surface area contributed by atoms with Crippen LogP contribution in [0.3, 0.4) is 0 Å². The van der Waals surface area contributed by atoms with Crippen LogP contribution in [0.4, 0.5) is 17.1 Å². The van der Waals surface area contributed by atoms with Crippen LogP contribution in [0.2, 0.25) is 0 Å². The van der Waals surface area contributed by atoms with Crippen LogP contribution < -0.4 is 19.4 Å². The van der Waals surface area contributed by atoms with Gasteiger partial charge in [-0.25, -0.2) is 0 Å². The maximum absolute atomic E-state index is 13.4. The van der Waals surface area contributed by atoms with E-state index in [0.717, 1.165) is 30.0 Å². The summed E-state index contributed by atoms with van der Waals surface area (Å²) >= 11 is 0. The molecular formula is C30H33N3O4. The Hall–Kier alpha value is -4.26. The van der Waals surface area contributed by atoms with Crippen LogP contribution in [0.25, 0.3) is 5.76 Å². The average molecular weight is 500 g/mol. The first-order chi connectivity index (χ1) is 17.8. The summed E-state index contributed by atoms with van der Waals surface area (Å²) in [5, 5.41) is 11.4. The maximum atomic E-state index is 13.4. The van der Waals surface area contributed by atoms with Crippen molar-refractivity contribution in [2.45, 2.75) is 19.9 Å². The van der Waals surface area contributed by atoms with Crippen LogP contribution in [0.1, 0.15) is 31.0 Å². The summed E-state index contributed by atoms with van der Waals surface area (Å²) in [5.74, 6) is -1.10. The van der Waals surface area contributed by atoms with Gasteiger partial charge in [-0.1, -0.05) is 24.3 Å². The van der Waals surface area contributed by atoms with E-state index in [-0.39, 0.29) is 11.3 Å². The third-order valence-corrected chi connectivity index (χ3v) is 6.77. The SMILES string of the molecule is CCN(CC)c1ccc(C2/C(=C(\O)c3cccc(OC)c3)C(=O)C(=O)N2c2ccc(N(C)C)cc2)cc1. The molecule has 1 N–H and O–H groups in total. The zero-order chi connectivity index (χ0) is 26.7. The van der Waals surface area contributed by atoms with Crippen molar-refractivity contribution in [3.63, 3.8) is 0 Å². The second-order valence-electron chi connectivity index (χ2n) is 9.08. The lowest BCUT2D eigenvalue weighted by atomic mass is 9.94. The minimum atomic E-state index is -0.790. The molecule has 1 fully saturated rings. The smallest absolute Gasteiger partial charge is 0.300 e. The van der Waals surface area contributed by atoms with Crippen LogP contribution in [0.5, 0.6) is 5.75 Å². The molecule has 0 saturated carbocycles. The van der Waals surface area contributed by atoms with Gasteiger partial charge in [0.25, 0.3) is 11.7 Å². The summed E-state index contributed by atoms with van der Waals surface area (Å²) < 4.78 is 5.30. The van der Waals surface area contributed by atoms with Gasteiger partial charge in [0.1, 0.15) is 11.5 Å². The quantitative estimate of drug-likeness (QED) is 0.260. The van der Waals surface area contributed by atoms with Crippen molar-refractivity contribution in [2.75, 3.05) is 49.0 Å². The van der Waals surface area contributed by atoms with Gasteiger partial charge in [-0.3, -0.25) is 14.5 Å². The summed E-state index contributed by atoms with van der Waals surface area (Å²) in [6, 6.07) is 21.3. The number of aliphatic hydroxyl groups excluding tert-OH is 1. The van der Waals surface area contributed by atoms with E-state index in [1.165, 1.54) is 12.0 Å². The molecule has 1 saturated heterocycles. The number of ketones is 1. The predicted octanol–water partition coefficient (Wildman–Crippen LogP) is 5.23. The zero-order valence-electron chi connectivity index (χ0n) is 21.9. The molecule has 0 spiro atoms. The highest BCUT2D eigenvalue weighted by Gasteiger charge is 2.47. The molecule has 1 heterocycles. The number of Topliss-reactive ketones (excluding diaryl/α,β-unsaturated/α-hetero) is 1. The molecule has 1 unspecified atom stereocenters. The standard InChI is InChI=1S/C30H33N3O4/c1-6-32(7-2)23-13-11-20(12-14-23)27-26(28(34)21-9-8-10-25(19-21)37-5)29(35)30(36)33(27)24-17-15-22(16-18-24)31(3)4/h8-19,27,34H,6-7H2,1-5H3/b28-26+. The van der Waals surface area contributed by atoms with E-state index in [9.17, 15) is 14.7 Å². The van der Waals surface area contributed by atoms with Gasteiger partial charge in [0.2, 0.25) is 0 Å². The number of ether oxygens (including phenoxy) is 1. The normalized spacial score (nSPS) is 16.7. The lowest BCUT2D eigenvalue weighted by Crippen LogP contribution is -2.29. The molecule has 0 bridgehead atoms. The van der Waals surface area contributed by atoms with Gasteiger partial charge in [-0.15, -0.1) is 0 Å². The van der Waals surface area contributed by atoms with Gasteiger partial charge < -0.3 is 19.6 Å². The highest BCUT2D eigenvalue weighted by molar-refractivity contribution is 6.51. The number of carbonyl (C=O) groups is 2. The number of nitrogens with zero attached hydrogens (tertiary/aromatic N) is 3. The van der Waals surface area contributed by atoms with Crippen molar-refractivity contribution < 1.29 is 19.4 Å². The number of benzene rings is 3. The van der Waals surface area contributed by atoms with Crippen molar-refractivity contribution in [2.24, 2.45) is 0 Å². The van der Waals surface area contributed by atoms with Gasteiger partial charge in [0, 0.05) is 49.8 Å². The van der Waals surface area contributed by atoms with Crippen LogP contribution in [-0.2, 0) is 9.59 Å². The Labute approximate surface area is 218 Å². The largest absolute Gasteiger partial charge is 0.507 e. The molecule has 1 aliphatic heterocycles. The van der Waals surface area contributed by atoms with E-state index in [4.69, 9.17) is 4.74 Å². The number of amides is 1. The second-order valence-corrected chi connectivity index (χ2v) is 9.08. The van der Waals surface area contributed by atoms with E-state index in [0.29, 0.717) is 17.0 Å². The van der Waals surface area contributed by atoms with Crippen LogP contribution in [-0.4, -0.2) is 51.1 Å². The number of hydrogen-bond donors (Lipinski definition) is 1. The van der Waals surface area contributed by atoms with Gasteiger partial charge in [-0.05, 0) is 67.9 Å². The molecule has 3 aromatic rings. The molecule has 1 atom stereocenters. The molecule has 7 nitrogen and oxygen atoms in total. The second kappa shape index (κ2) is 10.8. The molecule has 1 aliphatic rings. The van der Waals surface area contributed by atoms with Gasteiger partial charge in [0.15, 0.2) is 0 Å². The fraction of sp³-hybridized carbons (Fsp3) is 0.267. The first-order valence-corrected chi connectivity index (χ1v) is 12.4. The third-order valence-electron chi connectivity index (χ3n) is 6.77. The fourth-order valence-corrected chi connectivity index (χ4v) is 4.71. The molecule has 0 aliphatic carbocycles. The van der Waals surface area contributed by atoms with Crippen molar-refractivity contribution in [3.8, 4) is 5.75 Å². The monoisotopic (exact) mass is 499 g/mol. The average Bonchev–Trinajstić information content (AvgIpc) is 3.19. The summed E-state index contributed by atoms with van der Waals surface area (Å²) in [4.78, 5) is 32.5. The number of hydrogen-bond acceptors (Lipinski definition) is 6. The van der Waals surface area contributed by atoms with Crippen molar-refractivity contribution in [3.05, 3.63) is 89.5 Å². The summed E-state index contributed by atoms with van der Waals surface area (Å²) in [7, 11) is 5.41. The van der Waals surface area contributed by atoms with Crippen LogP contribution >= 0.6 is 0 Å². The summed E-state index contributed by atoms with van der Waals surface area (Å²) in [6.07, 6.45) is 0. The Bertz CT molecular complexity index is 1310. The van der Waals surface area contributed by atoms with Gasteiger partial charge in [0.05, 0.1) is 18.7 Å². The lowest BCUT2D eigenvalue weighted by molar-refractivity contribution is -0.132. The molecule has 0 radical (unpaired) electrons. The highest BCUT2D eigenvalue weighted by Crippen LogP contribution is 2.43. The topological polar surface area (TPSA) is 73.3 Å². The Balaban J connectivity index is 1.88. The van der Waals surface area contributed by atoms with E-state index in [1.807, 2.05) is 67.5 Å². The maximum Gasteiger partial charge on any atom is 0.300 e.